The van der Waals surface area contributed by atoms with Crippen molar-refractivity contribution >= 4 is 15.8 Å². The Balaban J connectivity index is 1.22. The highest BCUT2D eigenvalue weighted by Gasteiger charge is 2.36. The Morgan fingerprint density at radius 1 is 0.950 bits per heavy atom. The average molecular weight is 573 g/mol. The number of sulfonamides is 1. The summed E-state index contributed by atoms with van der Waals surface area (Å²) in [7, 11) is 0.0924. The molecule has 3 fully saturated rings. The van der Waals surface area contributed by atoms with Crippen LogP contribution >= 0.6 is 0 Å². The maximum Gasteiger partial charge on any atom is 0.318 e. The predicted octanol–water partition coefficient (Wildman–Crippen LogP) is 2.94. The van der Waals surface area contributed by atoms with Crippen molar-refractivity contribution < 1.29 is 17.9 Å². The van der Waals surface area contributed by atoms with Crippen molar-refractivity contribution in [3.63, 3.8) is 0 Å². The van der Waals surface area contributed by atoms with Crippen LogP contribution in [0.2, 0.25) is 0 Å². The molecule has 0 aliphatic carbocycles. The molecular weight excluding hydrogens is 528 g/mol. The Hall–Kier alpha value is -2.47. The van der Waals surface area contributed by atoms with Crippen LogP contribution in [0.25, 0.3) is 0 Å². The van der Waals surface area contributed by atoms with E-state index in [-0.39, 0.29) is 12.6 Å². The van der Waals surface area contributed by atoms with Crippen LogP contribution in [0.1, 0.15) is 43.2 Å². The Labute approximate surface area is 239 Å². The quantitative estimate of drug-likeness (QED) is 0.474. The van der Waals surface area contributed by atoms with Crippen molar-refractivity contribution in [1.29, 1.82) is 0 Å². The molecule has 1 aromatic carbocycles. The highest BCUT2D eigenvalue weighted by molar-refractivity contribution is 7.89. The first-order chi connectivity index (χ1) is 19.3. The lowest BCUT2D eigenvalue weighted by Crippen LogP contribution is -2.53. The second kappa shape index (κ2) is 12.6. The summed E-state index contributed by atoms with van der Waals surface area (Å²) in [5.74, 6) is 1.53. The van der Waals surface area contributed by atoms with E-state index < -0.39 is 10.0 Å². The second-order valence-corrected chi connectivity index (χ2v) is 13.2. The Bertz CT molecular complexity index is 1240. The van der Waals surface area contributed by atoms with Gasteiger partial charge in [0.2, 0.25) is 10.0 Å². The van der Waals surface area contributed by atoms with Gasteiger partial charge in [0.05, 0.1) is 18.0 Å². The molecule has 40 heavy (non-hydrogen) atoms. The van der Waals surface area contributed by atoms with Gasteiger partial charge < -0.3 is 19.3 Å². The van der Waals surface area contributed by atoms with Crippen LogP contribution in [0.15, 0.2) is 29.3 Å². The number of ether oxygens (including phenoxy) is 2. The van der Waals surface area contributed by atoms with E-state index in [2.05, 4.69) is 26.7 Å². The fourth-order valence-corrected chi connectivity index (χ4v) is 8.53. The molecule has 1 aromatic heterocycles. The summed E-state index contributed by atoms with van der Waals surface area (Å²) in [5.41, 5.74) is 1.38. The monoisotopic (exact) mass is 572 g/mol. The summed E-state index contributed by atoms with van der Waals surface area (Å²) in [4.78, 5) is 16.8. The minimum absolute atomic E-state index is 0.223. The first-order valence-electron chi connectivity index (χ1n) is 14.6. The zero-order valence-corrected chi connectivity index (χ0v) is 25.2. The molecule has 220 valence electrons. The molecule has 0 spiro atoms. The van der Waals surface area contributed by atoms with Gasteiger partial charge in [-0.2, -0.15) is 9.29 Å². The minimum atomic E-state index is -3.70. The first kappa shape index (κ1) is 29.0. The van der Waals surface area contributed by atoms with Crippen LogP contribution in [0.4, 0.5) is 5.82 Å². The van der Waals surface area contributed by atoms with Crippen LogP contribution in [0.5, 0.6) is 11.8 Å². The van der Waals surface area contributed by atoms with E-state index in [1.807, 2.05) is 19.9 Å². The van der Waals surface area contributed by atoms with Gasteiger partial charge in [-0.05, 0) is 89.0 Å². The van der Waals surface area contributed by atoms with E-state index in [4.69, 9.17) is 14.5 Å². The van der Waals surface area contributed by atoms with Crippen molar-refractivity contribution in [2.24, 2.45) is 0 Å². The molecule has 3 saturated heterocycles. The van der Waals surface area contributed by atoms with Crippen LogP contribution in [0, 0.1) is 13.8 Å². The number of piperazine rings is 1. The van der Waals surface area contributed by atoms with Gasteiger partial charge >= 0.3 is 6.01 Å². The summed E-state index contributed by atoms with van der Waals surface area (Å²) in [6, 6.07) is 6.21. The SMILES string of the molecule is COc1cc(C)c(S(=O)(=O)N2CCCCC2COc2nccc(N3CCN(C4CCN(C)CC4)CC3)n2)c(C)c1. The van der Waals surface area contributed by atoms with Crippen molar-refractivity contribution in [2.45, 2.75) is 62.9 Å². The smallest absolute Gasteiger partial charge is 0.318 e. The summed E-state index contributed by atoms with van der Waals surface area (Å²) >= 11 is 0. The Morgan fingerprint density at radius 2 is 1.65 bits per heavy atom. The van der Waals surface area contributed by atoms with Gasteiger partial charge in [0, 0.05) is 45.0 Å². The maximum absolute atomic E-state index is 13.9. The van der Waals surface area contributed by atoms with E-state index in [1.165, 1.54) is 25.9 Å². The van der Waals surface area contributed by atoms with Crippen molar-refractivity contribution in [2.75, 3.05) is 71.5 Å². The molecule has 0 bridgehead atoms. The predicted molar refractivity (Wildman–Crippen MR) is 156 cm³/mol. The van der Waals surface area contributed by atoms with E-state index >= 15 is 0 Å². The summed E-state index contributed by atoms with van der Waals surface area (Å²) in [6.07, 6.45) is 6.76. The molecular formula is C29H44N6O4S. The fraction of sp³-hybridized carbons (Fsp3) is 0.655. The maximum atomic E-state index is 13.9. The number of nitrogens with zero attached hydrogens (tertiary/aromatic N) is 6. The molecule has 3 aliphatic heterocycles. The average Bonchev–Trinajstić information content (AvgIpc) is 2.96. The lowest BCUT2D eigenvalue weighted by Gasteiger charge is -2.42. The number of rotatable bonds is 8. The third-order valence-corrected chi connectivity index (χ3v) is 10.9. The molecule has 0 N–H and O–H groups in total. The third-order valence-electron chi connectivity index (χ3n) is 8.68. The molecule has 1 unspecified atom stereocenters. The van der Waals surface area contributed by atoms with Crippen LogP contribution in [-0.2, 0) is 10.0 Å². The Kier molecular flexibility index (Phi) is 9.14. The van der Waals surface area contributed by atoms with E-state index in [9.17, 15) is 8.42 Å². The normalized spacial score (nSPS) is 22.4. The zero-order chi connectivity index (χ0) is 28.3. The lowest BCUT2D eigenvalue weighted by molar-refractivity contribution is 0.115. The van der Waals surface area contributed by atoms with E-state index in [0.717, 1.165) is 51.3 Å². The van der Waals surface area contributed by atoms with Crippen molar-refractivity contribution in [3.8, 4) is 11.8 Å². The first-order valence-corrected chi connectivity index (χ1v) is 16.0. The van der Waals surface area contributed by atoms with E-state index in [0.29, 0.717) is 40.4 Å². The van der Waals surface area contributed by atoms with Gasteiger partial charge in [-0.15, -0.1) is 0 Å². The van der Waals surface area contributed by atoms with Crippen molar-refractivity contribution in [1.82, 2.24) is 24.1 Å². The number of aryl methyl sites for hydroxylation is 2. The number of aromatic nitrogens is 2. The molecule has 0 saturated carbocycles. The number of anilines is 1. The molecule has 0 amide bonds. The number of benzene rings is 1. The number of hydrogen-bond donors (Lipinski definition) is 0. The van der Waals surface area contributed by atoms with Gasteiger partial charge in [0.25, 0.3) is 0 Å². The Morgan fingerprint density at radius 3 is 2.33 bits per heavy atom. The zero-order valence-electron chi connectivity index (χ0n) is 24.4. The van der Waals surface area contributed by atoms with Gasteiger partial charge in [-0.25, -0.2) is 13.4 Å². The largest absolute Gasteiger partial charge is 0.497 e. The molecule has 2 aromatic rings. The molecule has 5 rings (SSSR count). The highest BCUT2D eigenvalue weighted by atomic mass is 32.2. The molecule has 11 heteroatoms. The van der Waals surface area contributed by atoms with Gasteiger partial charge in [-0.1, -0.05) is 6.42 Å². The summed E-state index contributed by atoms with van der Waals surface area (Å²) < 4.78 is 40.7. The van der Waals surface area contributed by atoms with E-state index in [1.54, 1.807) is 29.7 Å². The molecule has 4 heterocycles. The van der Waals surface area contributed by atoms with Gasteiger partial charge in [0.15, 0.2) is 0 Å². The van der Waals surface area contributed by atoms with Crippen LogP contribution in [-0.4, -0.2) is 111 Å². The second-order valence-electron chi connectivity index (χ2n) is 11.4. The highest BCUT2D eigenvalue weighted by Crippen LogP contribution is 2.32. The molecule has 0 radical (unpaired) electrons. The number of hydrogen-bond acceptors (Lipinski definition) is 9. The topological polar surface area (TPSA) is 91.3 Å². The third kappa shape index (κ3) is 6.37. The number of likely N-dealkylation sites (tertiary alicyclic amines) is 1. The van der Waals surface area contributed by atoms with Gasteiger partial charge in [-0.3, -0.25) is 4.90 Å². The van der Waals surface area contributed by atoms with Crippen molar-refractivity contribution in [3.05, 3.63) is 35.5 Å². The minimum Gasteiger partial charge on any atom is -0.497 e. The summed E-state index contributed by atoms with van der Waals surface area (Å²) in [6.45, 7) is 10.6. The fourth-order valence-electron chi connectivity index (χ4n) is 6.43. The number of methoxy groups -OCH3 is 1. The standard InChI is InChI=1S/C29H44N6O4S/c1-22-19-26(38-4)20-23(2)28(22)40(36,37)35-12-6-5-7-25(35)21-39-29-30-11-8-27(31-29)34-17-15-33(16-18-34)24-9-13-32(3)14-10-24/h8,11,19-20,24-25H,5-7,9-10,12-18,21H2,1-4H3. The van der Waals surface area contributed by atoms with Crippen LogP contribution in [0.3, 0.4) is 0 Å². The summed E-state index contributed by atoms with van der Waals surface area (Å²) in [5, 5.41) is 0. The molecule has 3 aliphatic rings. The van der Waals surface area contributed by atoms with Gasteiger partial charge in [0.1, 0.15) is 18.2 Å². The lowest BCUT2D eigenvalue weighted by atomic mass is 10.0. The molecule has 1 atom stereocenters. The van der Waals surface area contributed by atoms with Crippen LogP contribution < -0.4 is 14.4 Å². The number of piperidine rings is 2. The molecule has 10 nitrogen and oxygen atoms in total.